The number of allylic oxidation sites excluding steroid dienone is 2. The molecule has 0 aliphatic rings. The summed E-state index contributed by atoms with van der Waals surface area (Å²) in [6, 6.07) is 0. The average molecular weight is 173 g/mol. The summed E-state index contributed by atoms with van der Waals surface area (Å²) in [5, 5.41) is 14.3. The summed E-state index contributed by atoms with van der Waals surface area (Å²) >= 11 is 5.37. The van der Waals surface area contributed by atoms with Crippen LogP contribution in [-0.2, 0) is 0 Å². The maximum absolute atomic E-state index is 7.35. The summed E-state index contributed by atoms with van der Waals surface area (Å²) in [5.41, 5.74) is 1.30. The van der Waals surface area contributed by atoms with Crippen LogP contribution in [-0.4, -0.2) is 10.9 Å². The van der Waals surface area contributed by atoms with Crippen LogP contribution >= 0.6 is 11.6 Å². The van der Waals surface area contributed by atoms with E-state index in [1.165, 1.54) is 6.08 Å². The Balaban J connectivity index is 4.60. The molecule has 0 aliphatic heterocycles. The lowest BCUT2D eigenvalue weighted by atomic mass is 9.99. The highest BCUT2D eigenvalue weighted by molar-refractivity contribution is 6.67. The average Bonchev–Trinajstić information content (AvgIpc) is 1.81. The summed E-state index contributed by atoms with van der Waals surface area (Å²) in [5.74, 6) is 0.256. The molecule has 0 heterocycles. The molecular formula is C8H13ClN2. The van der Waals surface area contributed by atoms with Gasteiger partial charge >= 0.3 is 0 Å². The minimum atomic E-state index is -0.0136. The molecule has 0 fully saturated rings. The fourth-order valence-corrected chi connectivity index (χ4v) is 0.962. The zero-order chi connectivity index (χ0) is 9.02. The van der Waals surface area contributed by atoms with Crippen LogP contribution in [0.2, 0.25) is 0 Å². The van der Waals surface area contributed by atoms with Crippen molar-refractivity contribution in [1.82, 2.24) is 0 Å². The van der Waals surface area contributed by atoms with E-state index in [1.807, 2.05) is 13.8 Å². The lowest BCUT2D eigenvalue weighted by Crippen LogP contribution is -2.04. The summed E-state index contributed by atoms with van der Waals surface area (Å²) in [7, 11) is 0. The van der Waals surface area contributed by atoms with Gasteiger partial charge in [-0.25, -0.2) is 0 Å². The van der Waals surface area contributed by atoms with E-state index >= 15 is 0 Å². The normalized spacial score (nSPS) is 11.9. The second-order valence-electron chi connectivity index (χ2n) is 2.73. The largest absolute Gasteiger partial charge is 0.305 e. The first kappa shape index (κ1) is 10.4. The Labute approximate surface area is 72.3 Å². The van der Waals surface area contributed by atoms with Crippen molar-refractivity contribution in [3.8, 4) is 0 Å². The van der Waals surface area contributed by atoms with Crippen molar-refractivity contribution in [1.29, 1.82) is 10.8 Å². The molecular weight excluding hydrogens is 160 g/mol. The predicted octanol–water partition coefficient (Wildman–Crippen LogP) is 2.82. The van der Waals surface area contributed by atoms with Gasteiger partial charge in [-0.1, -0.05) is 25.4 Å². The smallest absolute Gasteiger partial charge is 0.121 e. The maximum atomic E-state index is 7.35. The van der Waals surface area contributed by atoms with Crippen LogP contribution in [0, 0.1) is 16.7 Å². The molecule has 0 bridgehead atoms. The number of hydrogen-bond donors (Lipinski definition) is 2. The number of nitrogens with one attached hydrogen (secondary N) is 2. The Morgan fingerprint density at radius 1 is 1.36 bits per heavy atom. The molecule has 62 valence electrons. The predicted molar refractivity (Wildman–Crippen MR) is 49.9 cm³/mol. The van der Waals surface area contributed by atoms with Gasteiger partial charge < -0.3 is 5.41 Å². The zero-order valence-electron chi connectivity index (χ0n) is 7.03. The molecule has 11 heavy (non-hydrogen) atoms. The number of rotatable bonds is 3. The van der Waals surface area contributed by atoms with E-state index in [4.69, 9.17) is 22.4 Å². The van der Waals surface area contributed by atoms with Gasteiger partial charge in [0, 0.05) is 5.71 Å². The molecule has 0 rings (SSSR count). The van der Waals surface area contributed by atoms with Crippen LogP contribution < -0.4 is 0 Å². The molecule has 0 saturated heterocycles. The van der Waals surface area contributed by atoms with E-state index in [2.05, 4.69) is 0 Å². The van der Waals surface area contributed by atoms with Gasteiger partial charge in [0.1, 0.15) is 5.17 Å². The van der Waals surface area contributed by atoms with Gasteiger partial charge in [0.15, 0.2) is 0 Å². The Kier molecular flexibility index (Phi) is 4.04. The van der Waals surface area contributed by atoms with Gasteiger partial charge in [-0.15, -0.1) is 0 Å². The fraction of sp³-hybridized carbons (Fsp3) is 0.500. The Morgan fingerprint density at radius 2 is 1.82 bits per heavy atom. The first-order valence-corrected chi connectivity index (χ1v) is 3.84. The SMILES string of the molecule is CC(=N)/C(=C\C(=N)Cl)C(C)C. The number of hydrogen-bond acceptors (Lipinski definition) is 2. The molecule has 0 radical (unpaired) electrons. The van der Waals surface area contributed by atoms with Crippen LogP contribution in [0.15, 0.2) is 11.6 Å². The molecule has 2 N–H and O–H groups in total. The van der Waals surface area contributed by atoms with E-state index < -0.39 is 0 Å². The molecule has 2 nitrogen and oxygen atoms in total. The summed E-state index contributed by atoms with van der Waals surface area (Å²) in [4.78, 5) is 0. The van der Waals surface area contributed by atoms with Crippen LogP contribution in [0.25, 0.3) is 0 Å². The lowest BCUT2D eigenvalue weighted by molar-refractivity contribution is 0.801. The van der Waals surface area contributed by atoms with Crippen LogP contribution in [0.5, 0.6) is 0 Å². The van der Waals surface area contributed by atoms with E-state index in [0.29, 0.717) is 5.71 Å². The highest BCUT2D eigenvalue weighted by Gasteiger charge is 2.05. The minimum absolute atomic E-state index is 0.0136. The molecule has 0 aromatic rings. The van der Waals surface area contributed by atoms with Crippen LogP contribution in [0.4, 0.5) is 0 Å². The highest BCUT2D eigenvalue weighted by atomic mass is 35.5. The molecule has 0 spiro atoms. The quantitative estimate of drug-likeness (QED) is 0.616. The fourth-order valence-electron chi connectivity index (χ4n) is 0.844. The molecule has 0 amide bonds. The van der Waals surface area contributed by atoms with Gasteiger partial charge in [-0.05, 0) is 24.5 Å². The van der Waals surface area contributed by atoms with Crippen molar-refractivity contribution in [2.24, 2.45) is 5.92 Å². The second-order valence-corrected chi connectivity index (χ2v) is 3.13. The number of halogens is 1. The molecule has 3 heteroatoms. The first-order valence-electron chi connectivity index (χ1n) is 3.46. The Hall–Kier alpha value is -0.630. The summed E-state index contributed by atoms with van der Waals surface area (Å²) < 4.78 is 0. The molecule has 0 unspecified atom stereocenters. The van der Waals surface area contributed by atoms with Gasteiger partial charge in [0.05, 0.1) is 0 Å². The van der Waals surface area contributed by atoms with E-state index in [1.54, 1.807) is 6.92 Å². The van der Waals surface area contributed by atoms with Crippen molar-refractivity contribution in [3.05, 3.63) is 11.6 Å². The third kappa shape index (κ3) is 3.94. The Morgan fingerprint density at radius 3 is 1.91 bits per heavy atom. The van der Waals surface area contributed by atoms with Crippen LogP contribution in [0.3, 0.4) is 0 Å². The molecule has 0 aromatic carbocycles. The van der Waals surface area contributed by atoms with Gasteiger partial charge in [0.2, 0.25) is 0 Å². The third-order valence-corrected chi connectivity index (χ3v) is 1.45. The topological polar surface area (TPSA) is 47.7 Å². The monoisotopic (exact) mass is 172 g/mol. The molecule has 0 aliphatic carbocycles. The molecule has 0 saturated carbocycles. The van der Waals surface area contributed by atoms with E-state index in [0.717, 1.165) is 5.57 Å². The second kappa shape index (κ2) is 4.29. The summed E-state index contributed by atoms with van der Waals surface area (Å²) in [6.45, 7) is 5.65. The standard InChI is InChI=1S/C8H13ClN2/c1-5(2)7(6(3)10)4-8(9)11/h4-5,10-11H,1-3H3/b7-4-,10-6?,11-8?. The van der Waals surface area contributed by atoms with E-state index in [-0.39, 0.29) is 11.1 Å². The lowest BCUT2D eigenvalue weighted by Gasteiger charge is -2.08. The maximum Gasteiger partial charge on any atom is 0.121 e. The first-order chi connectivity index (χ1) is 4.95. The zero-order valence-corrected chi connectivity index (χ0v) is 7.79. The van der Waals surface area contributed by atoms with E-state index in [9.17, 15) is 0 Å². The Bertz CT molecular complexity index is 204. The van der Waals surface area contributed by atoms with Gasteiger partial charge in [0.25, 0.3) is 0 Å². The van der Waals surface area contributed by atoms with Crippen molar-refractivity contribution in [3.63, 3.8) is 0 Å². The van der Waals surface area contributed by atoms with Crippen molar-refractivity contribution >= 4 is 22.5 Å². The van der Waals surface area contributed by atoms with Crippen molar-refractivity contribution in [2.45, 2.75) is 20.8 Å². The molecule has 0 aromatic heterocycles. The van der Waals surface area contributed by atoms with Crippen molar-refractivity contribution < 1.29 is 0 Å². The molecule has 0 atom stereocenters. The highest BCUT2D eigenvalue weighted by Crippen LogP contribution is 2.11. The van der Waals surface area contributed by atoms with Gasteiger partial charge in [-0.2, -0.15) is 0 Å². The third-order valence-electron chi connectivity index (χ3n) is 1.34. The van der Waals surface area contributed by atoms with Crippen LogP contribution in [0.1, 0.15) is 20.8 Å². The van der Waals surface area contributed by atoms with Crippen molar-refractivity contribution in [2.75, 3.05) is 0 Å². The minimum Gasteiger partial charge on any atom is -0.305 e. The van der Waals surface area contributed by atoms with Gasteiger partial charge in [-0.3, -0.25) is 5.41 Å². The summed E-state index contributed by atoms with van der Waals surface area (Å²) in [6.07, 6.45) is 1.52.